The number of halogens is 1. The summed E-state index contributed by atoms with van der Waals surface area (Å²) in [5, 5.41) is 12.3. The van der Waals surface area contributed by atoms with Gasteiger partial charge in [-0.2, -0.15) is 10.4 Å². The van der Waals surface area contributed by atoms with Gasteiger partial charge in [-0.05, 0) is 76.7 Å². The standard InChI is InChI=1S/C18H17IN4O4S/c1-28(25,26)23(16-6-4-15(19)5-7-16)13-18(24)22-21-12-14-2-8-17(9-3-14)27-11-10-20/h2-9,12H,11,13H2,1H3,(H,22,24)/b21-12-. The third-order valence-electron chi connectivity index (χ3n) is 3.39. The zero-order valence-electron chi connectivity index (χ0n) is 14.9. The van der Waals surface area contributed by atoms with Crippen LogP contribution in [0.15, 0.2) is 53.6 Å². The maximum absolute atomic E-state index is 12.1. The predicted molar refractivity (Wildman–Crippen MR) is 115 cm³/mol. The van der Waals surface area contributed by atoms with Crippen LogP contribution in [0.4, 0.5) is 5.69 Å². The van der Waals surface area contributed by atoms with E-state index in [-0.39, 0.29) is 6.61 Å². The maximum atomic E-state index is 12.1. The van der Waals surface area contributed by atoms with E-state index in [9.17, 15) is 13.2 Å². The van der Waals surface area contributed by atoms with Crippen LogP contribution in [-0.2, 0) is 14.8 Å². The number of hydrogen-bond acceptors (Lipinski definition) is 6. The minimum atomic E-state index is -3.63. The molecule has 8 nitrogen and oxygen atoms in total. The van der Waals surface area contributed by atoms with Crippen molar-refractivity contribution in [1.82, 2.24) is 5.43 Å². The van der Waals surface area contributed by atoms with E-state index >= 15 is 0 Å². The molecule has 2 rings (SSSR count). The number of nitriles is 1. The molecule has 146 valence electrons. The molecule has 10 heteroatoms. The lowest BCUT2D eigenvalue weighted by molar-refractivity contribution is -0.119. The topological polar surface area (TPSA) is 112 Å². The lowest BCUT2D eigenvalue weighted by Crippen LogP contribution is -2.39. The normalized spacial score (nSPS) is 11.0. The van der Waals surface area contributed by atoms with Crippen molar-refractivity contribution in [2.24, 2.45) is 5.10 Å². The molecule has 0 radical (unpaired) electrons. The summed E-state index contributed by atoms with van der Waals surface area (Å²) in [6.45, 7) is -0.432. The Morgan fingerprint density at radius 2 is 1.89 bits per heavy atom. The van der Waals surface area contributed by atoms with Crippen molar-refractivity contribution in [1.29, 1.82) is 5.26 Å². The molecule has 0 aromatic heterocycles. The van der Waals surface area contributed by atoms with Crippen LogP contribution in [-0.4, -0.2) is 39.9 Å². The van der Waals surface area contributed by atoms with Crippen molar-refractivity contribution in [3.8, 4) is 11.8 Å². The molecule has 2 aromatic rings. The summed E-state index contributed by atoms with van der Waals surface area (Å²) < 4.78 is 31.2. The molecule has 0 bridgehead atoms. The Labute approximate surface area is 177 Å². The van der Waals surface area contributed by atoms with Gasteiger partial charge in [-0.1, -0.05) is 0 Å². The van der Waals surface area contributed by atoms with E-state index in [1.165, 1.54) is 6.21 Å². The van der Waals surface area contributed by atoms with Gasteiger partial charge in [0.15, 0.2) is 6.61 Å². The van der Waals surface area contributed by atoms with Crippen molar-refractivity contribution in [2.75, 3.05) is 23.7 Å². The van der Waals surface area contributed by atoms with Crippen molar-refractivity contribution in [3.63, 3.8) is 0 Å². The lowest BCUT2D eigenvalue weighted by Gasteiger charge is -2.21. The lowest BCUT2D eigenvalue weighted by atomic mass is 10.2. The molecule has 0 fully saturated rings. The number of nitrogens with one attached hydrogen (secondary N) is 1. The highest BCUT2D eigenvalue weighted by Crippen LogP contribution is 2.18. The molecule has 0 heterocycles. The maximum Gasteiger partial charge on any atom is 0.260 e. The molecule has 1 amide bonds. The summed E-state index contributed by atoms with van der Waals surface area (Å²) in [4.78, 5) is 12.1. The third-order valence-corrected chi connectivity index (χ3v) is 5.25. The zero-order chi connectivity index (χ0) is 20.6. The summed E-state index contributed by atoms with van der Waals surface area (Å²) in [5.41, 5.74) is 3.41. The van der Waals surface area contributed by atoms with Crippen molar-refractivity contribution in [2.45, 2.75) is 0 Å². The van der Waals surface area contributed by atoms with Crippen molar-refractivity contribution >= 4 is 50.4 Å². The smallest absolute Gasteiger partial charge is 0.260 e. The van der Waals surface area contributed by atoms with Crippen LogP contribution in [0, 0.1) is 14.9 Å². The molecule has 0 spiro atoms. The SMILES string of the molecule is CS(=O)(=O)N(CC(=O)N/N=C\c1ccc(OCC#N)cc1)c1ccc(I)cc1. The van der Waals surface area contributed by atoms with Gasteiger partial charge >= 0.3 is 0 Å². The number of hydrazone groups is 1. The van der Waals surface area contributed by atoms with Crippen LogP contribution in [0.2, 0.25) is 0 Å². The van der Waals surface area contributed by atoms with Crippen LogP contribution < -0.4 is 14.5 Å². The Kier molecular flexibility index (Phi) is 7.77. The molecule has 0 saturated heterocycles. The molecule has 0 aliphatic heterocycles. The summed E-state index contributed by atoms with van der Waals surface area (Å²) in [6, 6.07) is 15.4. The Balaban J connectivity index is 1.98. The number of hydrogen-bond donors (Lipinski definition) is 1. The molecular weight excluding hydrogens is 495 g/mol. The van der Waals surface area contributed by atoms with E-state index in [1.807, 2.05) is 6.07 Å². The van der Waals surface area contributed by atoms with Crippen LogP contribution in [0.1, 0.15) is 5.56 Å². The molecule has 0 aliphatic rings. The number of nitrogens with zero attached hydrogens (tertiary/aromatic N) is 3. The van der Waals surface area contributed by atoms with E-state index in [0.717, 1.165) is 14.1 Å². The molecule has 0 saturated carbocycles. The highest BCUT2D eigenvalue weighted by atomic mass is 127. The molecule has 28 heavy (non-hydrogen) atoms. The fourth-order valence-corrected chi connectivity index (χ4v) is 3.33. The van der Waals surface area contributed by atoms with E-state index in [0.29, 0.717) is 17.0 Å². The van der Waals surface area contributed by atoms with Gasteiger partial charge in [0.2, 0.25) is 10.0 Å². The Bertz CT molecular complexity index is 984. The summed E-state index contributed by atoms with van der Waals surface area (Å²) in [7, 11) is -3.63. The van der Waals surface area contributed by atoms with Gasteiger partial charge in [0.1, 0.15) is 18.4 Å². The Morgan fingerprint density at radius 1 is 1.25 bits per heavy atom. The number of benzene rings is 2. The Morgan fingerprint density at radius 3 is 2.46 bits per heavy atom. The summed E-state index contributed by atoms with van der Waals surface area (Å²) in [5.74, 6) is -0.0294. The number of ether oxygens (including phenoxy) is 1. The average Bonchev–Trinajstić information content (AvgIpc) is 2.65. The first-order valence-corrected chi connectivity index (χ1v) is 10.9. The zero-order valence-corrected chi connectivity index (χ0v) is 17.8. The molecule has 0 atom stereocenters. The summed E-state index contributed by atoms with van der Waals surface area (Å²) >= 11 is 2.11. The number of carbonyl (C=O) groups excluding carboxylic acids is 1. The predicted octanol–water partition coefficient (Wildman–Crippen LogP) is 2.11. The van der Waals surface area contributed by atoms with Crippen LogP contribution >= 0.6 is 22.6 Å². The number of rotatable bonds is 8. The van der Waals surface area contributed by atoms with Crippen LogP contribution in [0.5, 0.6) is 5.75 Å². The van der Waals surface area contributed by atoms with Gasteiger partial charge in [-0.25, -0.2) is 13.8 Å². The van der Waals surface area contributed by atoms with E-state index in [4.69, 9.17) is 10.00 Å². The van der Waals surface area contributed by atoms with E-state index < -0.39 is 22.5 Å². The average molecular weight is 512 g/mol. The molecule has 0 aliphatic carbocycles. The fraction of sp³-hybridized carbons (Fsp3) is 0.167. The van der Waals surface area contributed by atoms with Crippen LogP contribution in [0.25, 0.3) is 0 Å². The molecule has 0 unspecified atom stereocenters. The quantitative estimate of drug-likeness (QED) is 0.331. The second kappa shape index (κ2) is 10.0. The number of amides is 1. The molecular formula is C18H17IN4O4S. The molecule has 2 aromatic carbocycles. The number of carbonyl (C=O) groups is 1. The van der Waals surface area contributed by atoms with Gasteiger partial charge in [0, 0.05) is 3.57 Å². The minimum absolute atomic E-state index is 0.0408. The first-order chi connectivity index (χ1) is 13.3. The first-order valence-electron chi connectivity index (χ1n) is 7.94. The first kappa shape index (κ1) is 21.6. The molecule has 1 N–H and O–H groups in total. The second-order valence-electron chi connectivity index (χ2n) is 5.56. The van der Waals surface area contributed by atoms with Crippen molar-refractivity contribution < 1.29 is 17.9 Å². The van der Waals surface area contributed by atoms with Gasteiger partial charge in [-0.15, -0.1) is 0 Å². The van der Waals surface area contributed by atoms with E-state index in [2.05, 4.69) is 33.1 Å². The van der Waals surface area contributed by atoms with Gasteiger partial charge in [0.25, 0.3) is 5.91 Å². The fourth-order valence-electron chi connectivity index (χ4n) is 2.12. The number of anilines is 1. The second-order valence-corrected chi connectivity index (χ2v) is 8.71. The van der Waals surface area contributed by atoms with Gasteiger partial charge in [-0.3, -0.25) is 9.10 Å². The highest BCUT2D eigenvalue weighted by Gasteiger charge is 2.20. The van der Waals surface area contributed by atoms with Gasteiger partial charge in [0.05, 0.1) is 18.2 Å². The largest absolute Gasteiger partial charge is 0.479 e. The highest BCUT2D eigenvalue weighted by molar-refractivity contribution is 14.1. The van der Waals surface area contributed by atoms with Gasteiger partial charge < -0.3 is 4.74 Å². The third kappa shape index (κ3) is 6.82. The van der Waals surface area contributed by atoms with Crippen LogP contribution in [0.3, 0.4) is 0 Å². The van der Waals surface area contributed by atoms with E-state index in [1.54, 1.807) is 48.5 Å². The monoisotopic (exact) mass is 512 g/mol. The van der Waals surface area contributed by atoms with Crippen molar-refractivity contribution in [3.05, 3.63) is 57.7 Å². The number of sulfonamides is 1. The Hall–Kier alpha value is -2.65. The summed E-state index contributed by atoms with van der Waals surface area (Å²) in [6.07, 6.45) is 2.46. The minimum Gasteiger partial charge on any atom is -0.479 e.